The normalized spacial score (nSPS) is 9.50. The molecule has 0 aliphatic rings. The van der Waals surface area contributed by atoms with Crippen LogP contribution < -0.4 is 4.74 Å². The minimum absolute atomic E-state index is 0.567. The third-order valence-corrected chi connectivity index (χ3v) is 1.75. The van der Waals surface area contributed by atoms with Gasteiger partial charge in [-0.25, -0.2) is 4.98 Å². The lowest BCUT2D eigenvalue weighted by atomic mass is 10.2. The van der Waals surface area contributed by atoms with Crippen LogP contribution in [0.1, 0.15) is 22.3 Å². The lowest BCUT2D eigenvalue weighted by Crippen LogP contribution is -2.00. The van der Waals surface area contributed by atoms with Gasteiger partial charge in [0, 0.05) is 17.3 Å². The van der Waals surface area contributed by atoms with Crippen molar-refractivity contribution in [3.8, 4) is 5.88 Å². The molecular weight excluding hydrogens is 178 g/mol. The van der Waals surface area contributed by atoms with Crippen LogP contribution in [0.25, 0.3) is 0 Å². The number of nitrogens with zero attached hydrogens (tertiary/aromatic N) is 1. The van der Waals surface area contributed by atoms with Crippen molar-refractivity contribution in [2.45, 2.75) is 13.3 Å². The van der Waals surface area contributed by atoms with Crippen LogP contribution in [0.15, 0.2) is 24.9 Å². The maximum Gasteiger partial charge on any atom is 0.216 e. The van der Waals surface area contributed by atoms with E-state index in [2.05, 4.69) is 11.6 Å². The zero-order valence-corrected chi connectivity index (χ0v) is 8.19. The van der Waals surface area contributed by atoms with E-state index in [0.717, 1.165) is 18.3 Å². The van der Waals surface area contributed by atoms with Gasteiger partial charge in [0.25, 0.3) is 0 Å². The number of rotatable bonds is 5. The summed E-state index contributed by atoms with van der Waals surface area (Å²) in [6.07, 6.45) is 4.85. The fraction of sp³-hybridized carbons (Fsp3) is 0.273. The van der Waals surface area contributed by atoms with Crippen molar-refractivity contribution >= 4 is 6.29 Å². The van der Waals surface area contributed by atoms with E-state index in [1.54, 1.807) is 12.1 Å². The Hall–Kier alpha value is -1.64. The lowest BCUT2D eigenvalue weighted by Gasteiger charge is -2.06. The Kier molecular flexibility index (Phi) is 3.85. The quantitative estimate of drug-likeness (QED) is 0.406. The van der Waals surface area contributed by atoms with Gasteiger partial charge in [-0.1, -0.05) is 6.08 Å². The van der Waals surface area contributed by atoms with Gasteiger partial charge in [0.2, 0.25) is 5.88 Å². The second-order valence-electron chi connectivity index (χ2n) is 2.93. The van der Waals surface area contributed by atoms with Crippen molar-refractivity contribution in [3.05, 3.63) is 36.0 Å². The smallest absolute Gasteiger partial charge is 0.216 e. The summed E-state index contributed by atoms with van der Waals surface area (Å²) in [5.41, 5.74) is 1.44. The third-order valence-electron chi connectivity index (χ3n) is 1.75. The first-order valence-electron chi connectivity index (χ1n) is 4.43. The van der Waals surface area contributed by atoms with Gasteiger partial charge < -0.3 is 4.74 Å². The minimum atomic E-state index is 0.567. The summed E-state index contributed by atoms with van der Waals surface area (Å²) >= 11 is 0. The molecule has 0 bridgehead atoms. The maximum absolute atomic E-state index is 10.4. The highest BCUT2D eigenvalue weighted by Crippen LogP contribution is 2.14. The number of aromatic nitrogens is 1. The van der Waals surface area contributed by atoms with Crippen molar-refractivity contribution in [1.29, 1.82) is 0 Å². The van der Waals surface area contributed by atoms with E-state index < -0.39 is 0 Å². The monoisotopic (exact) mass is 191 g/mol. The van der Waals surface area contributed by atoms with E-state index in [-0.39, 0.29) is 0 Å². The van der Waals surface area contributed by atoms with E-state index in [1.807, 2.05) is 6.92 Å². The number of aryl methyl sites for hydroxylation is 1. The molecule has 14 heavy (non-hydrogen) atoms. The van der Waals surface area contributed by atoms with Gasteiger partial charge in [0.15, 0.2) is 6.29 Å². The highest BCUT2D eigenvalue weighted by atomic mass is 16.5. The van der Waals surface area contributed by atoms with Crippen LogP contribution in [0.4, 0.5) is 0 Å². The van der Waals surface area contributed by atoms with Crippen molar-refractivity contribution < 1.29 is 9.53 Å². The summed E-state index contributed by atoms with van der Waals surface area (Å²) in [5, 5.41) is 0. The van der Waals surface area contributed by atoms with Crippen molar-refractivity contribution in [2.75, 3.05) is 6.61 Å². The summed E-state index contributed by atoms with van der Waals surface area (Å²) in [4.78, 5) is 14.5. The molecule has 0 fully saturated rings. The predicted molar refractivity (Wildman–Crippen MR) is 54.7 cm³/mol. The Balaban J connectivity index is 2.68. The Morgan fingerprint density at radius 1 is 1.64 bits per heavy atom. The molecule has 0 amide bonds. The van der Waals surface area contributed by atoms with Gasteiger partial charge in [-0.2, -0.15) is 0 Å². The first-order valence-corrected chi connectivity index (χ1v) is 4.43. The summed E-state index contributed by atoms with van der Waals surface area (Å²) < 4.78 is 5.38. The summed E-state index contributed by atoms with van der Waals surface area (Å²) in [5.74, 6) is 0.581. The van der Waals surface area contributed by atoms with Crippen LogP contribution >= 0.6 is 0 Å². The van der Waals surface area contributed by atoms with Crippen LogP contribution in [0, 0.1) is 6.92 Å². The van der Waals surface area contributed by atoms with Crippen LogP contribution in [0.3, 0.4) is 0 Å². The first-order chi connectivity index (χ1) is 6.77. The van der Waals surface area contributed by atoms with E-state index in [9.17, 15) is 4.79 Å². The molecule has 0 radical (unpaired) electrons. The lowest BCUT2D eigenvalue weighted by molar-refractivity contribution is 0.112. The van der Waals surface area contributed by atoms with Gasteiger partial charge in [-0.3, -0.25) is 4.79 Å². The number of carbonyl (C=O) groups excluding carboxylic acids is 1. The Labute approximate surface area is 83.4 Å². The molecule has 0 atom stereocenters. The molecule has 1 aromatic rings. The largest absolute Gasteiger partial charge is 0.477 e. The number of pyridine rings is 1. The topological polar surface area (TPSA) is 39.2 Å². The van der Waals surface area contributed by atoms with Gasteiger partial charge in [0.05, 0.1) is 6.61 Å². The molecule has 1 aromatic heterocycles. The molecule has 0 unspecified atom stereocenters. The Morgan fingerprint density at radius 2 is 2.43 bits per heavy atom. The molecule has 0 N–H and O–H groups in total. The molecule has 3 heteroatoms. The van der Waals surface area contributed by atoms with Gasteiger partial charge in [-0.15, -0.1) is 6.58 Å². The minimum Gasteiger partial charge on any atom is -0.477 e. The predicted octanol–water partition coefficient (Wildman–Crippen LogP) is 2.16. The fourth-order valence-electron chi connectivity index (χ4n) is 1.04. The SMILES string of the molecule is C=CCCOc1ncc(C=O)cc1C. The standard InChI is InChI=1S/C11H13NO2/c1-3-4-5-14-11-9(2)6-10(8-13)7-12-11/h3,6-8H,1,4-5H2,2H3. The van der Waals surface area contributed by atoms with E-state index in [4.69, 9.17) is 4.74 Å². The zero-order chi connectivity index (χ0) is 10.4. The van der Waals surface area contributed by atoms with Gasteiger partial charge in [0.1, 0.15) is 0 Å². The highest BCUT2D eigenvalue weighted by molar-refractivity contribution is 5.74. The summed E-state index contributed by atoms with van der Waals surface area (Å²) in [6, 6.07) is 1.75. The molecule has 0 saturated carbocycles. The van der Waals surface area contributed by atoms with Crippen LogP contribution in [0.5, 0.6) is 5.88 Å². The molecule has 0 aromatic carbocycles. The van der Waals surface area contributed by atoms with Gasteiger partial charge in [-0.05, 0) is 19.4 Å². The Morgan fingerprint density at radius 3 is 3.00 bits per heavy atom. The molecule has 0 saturated heterocycles. The Bertz CT molecular complexity index is 334. The highest BCUT2D eigenvalue weighted by Gasteiger charge is 2.01. The molecule has 1 heterocycles. The molecule has 0 aliphatic carbocycles. The molecule has 3 nitrogen and oxygen atoms in total. The van der Waals surface area contributed by atoms with E-state index in [1.165, 1.54) is 6.20 Å². The number of hydrogen-bond donors (Lipinski definition) is 0. The van der Waals surface area contributed by atoms with Gasteiger partial charge >= 0.3 is 0 Å². The fourth-order valence-corrected chi connectivity index (χ4v) is 1.04. The number of aldehydes is 1. The van der Waals surface area contributed by atoms with Crippen molar-refractivity contribution in [2.24, 2.45) is 0 Å². The second kappa shape index (κ2) is 5.17. The zero-order valence-electron chi connectivity index (χ0n) is 8.19. The molecule has 1 rings (SSSR count). The second-order valence-corrected chi connectivity index (χ2v) is 2.93. The summed E-state index contributed by atoms with van der Waals surface area (Å²) in [7, 11) is 0. The first kappa shape index (κ1) is 10.4. The van der Waals surface area contributed by atoms with Crippen LogP contribution in [0.2, 0.25) is 0 Å². The average molecular weight is 191 g/mol. The average Bonchev–Trinajstić information content (AvgIpc) is 2.20. The molecule has 0 aliphatic heterocycles. The molecule has 0 spiro atoms. The van der Waals surface area contributed by atoms with Crippen molar-refractivity contribution in [1.82, 2.24) is 4.98 Å². The van der Waals surface area contributed by atoms with E-state index >= 15 is 0 Å². The summed E-state index contributed by atoms with van der Waals surface area (Å²) in [6.45, 7) is 6.03. The maximum atomic E-state index is 10.4. The van der Waals surface area contributed by atoms with Crippen molar-refractivity contribution in [3.63, 3.8) is 0 Å². The molecular formula is C11H13NO2. The number of ether oxygens (including phenoxy) is 1. The van der Waals surface area contributed by atoms with Crippen LogP contribution in [-0.4, -0.2) is 17.9 Å². The molecule has 74 valence electrons. The van der Waals surface area contributed by atoms with Crippen LogP contribution in [-0.2, 0) is 0 Å². The third kappa shape index (κ3) is 2.69. The van der Waals surface area contributed by atoms with E-state index in [0.29, 0.717) is 18.1 Å². The number of carbonyl (C=O) groups is 1. The number of hydrogen-bond acceptors (Lipinski definition) is 3.